The Morgan fingerprint density at radius 1 is 1.12 bits per heavy atom. The van der Waals surface area contributed by atoms with Crippen LogP contribution in [0.3, 0.4) is 0 Å². The molecule has 1 amide bonds. The van der Waals surface area contributed by atoms with E-state index in [-0.39, 0.29) is 0 Å². The molecule has 4 rings (SSSR count). The second kappa shape index (κ2) is 7.97. The first-order valence-electron chi connectivity index (χ1n) is 10.3. The minimum absolute atomic E-state index is 0.291. The van der Waals surface area contributed by atoms with Crippen LogP contribution in [0.25, 0.3) is 0 Å². The van der Waals surface area contributed by atoms with Crippen molar-refractivity contribution in [1.29, 1.82) is 0 Å². The number of carbonyl (C=O) groups is 1. The Bertz CT molecular complexity index is 591. The molecule has 0 bridgehead atoms. The number of piperazine rings is 1. The molecule has 5 heteroatoms. The molecule has 1 spiro atoms. The van der Waals surface area contributed by atoms with Crippen LogP contribution < -0.4 is 15.5 Å². The quantitative estimate of drug-likeness (QED) is 0.762. The third-order valence-corrected chi connectivity index (χ3v) is 6.55. The summed E-state index contributed by atoms with van der Waals surface area (Å²) < 4.78 is 0. The molecule has 3 aliphatic rings. The number of rotatable bonds is 6. The van der Waals surface area contributed by atoms with Crippen LogP contribution in [0, 0.1) is 11.3 Å². The van der Waals surface area contributed by atoms with Gasteiger partial charge in [0.2, 0.25) is 5.91 Å². The van der Waals surface area contributed by atoms with Gasteiger partial charge in [0.15, 0.2) is 0 Å². The highest BCUT2D eigenvalue weighted by molar-refractivity contribution is 5.82. The van der Waals surface area contributed by atoms with E-state index in [0.29, 0.717) is 17.2 Å². The summed E-state index contributed by atoms with van der Waals surface area (Å²) in [4.78, 5) is 17.4. The highest BCUT2D eigenvalue weighted by Gasteiger charge is 2.57. The predicted octanol–water partition coefficient (Wildman–Crippen LogP) is 1.70. The fourth-order valence-corrected chi connectivity index (χ4v) is 4.70. The van der Waals surface area contributed by atoms with Gasteiger partial charge < -0.3 is 15.5 Å². The van der Waals surface area contributed by atoms with E-state index in [1.54, 1.807) is 0 Å². The molecule has 0 radical (unpaired) electrons. The van der Waals surface area contributed by atoms with Crippen LogP contribution in [0.15, 0.2) is 30.3 Å². The number of hydrogen-bond acceptors (Lipinski definition) is 4. The molecule has 1 aliphatic carbocycles. The number of piperidine rings is 1. The summed E-state index contributed by atoms with van der Waals surface area (Å²) in [6.45, 7) is 8.48. The number of benzene rings is 1. The summed E-state index contributed by atoms with van der Waals surface area (Å²) >= 11 is 0. The molecule has 1 atom stereocenters. The van der Waals surface area contributed by atoms with Crippen molar-refractivity contribution < 1.29 is 4.79 Å². The van der Waals surface area contributed by atoms with Crippen molar-refractivity contribution in [3.8, 4) is 0 Å². The topological polar surface area (TPSA) is 47.6 Å². The van der Waals surface area contributed by atoms with Gasteiger partial charge in [0, 0.05) is 44.3 Å². The minimum atomic E-state index is 0.291. The molecule has 2 N–H and O–H groups in total. The van der Waals surface area contributed by atoms with E-state index in [9.17, 15) is 4.79 Å². The average Bonchev–Trinajstić information content (AvgIpc) is 3.39. The standard InChI is InChI=1S/C21H32N4O/c26-20(19-17-21(19)7-10-22-11-8-21)23-9-4-12-24-13-15-25(16-14-24)18-5-2-1-3-6-18/h1-3,5-6,19,22H,4,7-17H2,(H,23,26). The summed E-state index contributed by atoms with van der Waals surface area (Å²) in [6, 6.07) is 10.7. The number of para-hydroxylation sites is 1. The molecule has 2 aliphatic heterocycles. The number of hydrogen-bond donors (Lipinski definition) is 2. The lowest BCUT2D eigenvalue weighted by atomic mass is 9.92. The Morgan fingerprint density at radius 3 is 2.58 bits per heavy atom. The first-order valence-corrected chi connectivity index (χ1v) is 10.3. The van der Waals surface area contributed by atoms with Crippen molar-refractivity contribution in [2.45, 2.75) is 25.7 Å². The Balaban J connectivity index is 1.11. The van der Waals surface area contributed by atoms with Crippen LogP contribution in [0.1, 0.15) is 25.7 Å². The summed E-state index contributed by atoms with van der Waals surface area (Å²) in [6.07, 6.45) is 4.52. The van der Waals surface area contributed by atoms with Crippen LogP contribution in [0.5, 0.6) is 0 Å². The summed E-state index contributed by atoms with van der Waals surface area (Å²) in [5, 5.41) is 6.60. The van der Waals surface area contributed by atoms with Crippen LogP contribution in [0.2, 0.25) is 0 Å². The van der Waals surface area contributed by atoms with Crippen LogP contribution in [-0.2, 0) is 4.79 Å². The molecule has 142 valence electrons. The van der Waals surface area contributed by atoms with Crippen molar-refractivity contribution >= 4 is 11.6 Å². The largest absolute Gasteiger partial charge is 0.369 e. The lowest BCUT2D eigenvalue weighted by molar-refractivity contribution is -0.123. The van der Waals surface area contributed by atoms with E-state index < -0.39 is 0 Å². The molecule has 3 fully saturated rings. The third kappa shape index (κ3) is 4.04. The van der Waals surface area contributed by atoms with E-state index >= 15 is 0 Å². The fourth-order valence-electron chi connectivity index (χ4n) is 4.70. The maximum absolute atomic E-state index is 12.4. The van der Waals surface area contributed by atoms with Gasteiger partial charge in [-0.25, -0.2) is 0 Å². The predicted molar refractivity (Wildman–Crippen MR) is 105 cm³/mol. The Labute approximate surface area is 157 Å². The van der Waals surface area contributed by atoms with Gasteiger partial charge in [-0.15, -0.1) is 0 Å². The lowest BCUT2D eigenvalue weighted by Crippen LogP contribution is -2.47. The molecule has 2 saturated heterocycles. The van der Waals surface area contributed by atoms with Crippen molar-refractivity contribution in [3.63, 3.8) is 0 Å². The highest BCUT2D eigenvalue weighted by Crippen LogP contribution is 2.58. The first-order chi connectivity index (χ1) is 12.8. The average molecular weight is 357 g/mol. The zero-order valence-corrected chi connectivity index (χ0v) is 15.8. The zero-order valence-electron chi connectivity index (χ0n) is 15.8. The van der Waals surface area contributed by atoms with Crippen molar-refractivity contribution in [2.75, 3.05) is 57.3 Å². The fraction of sp³-hybridized carbons (Fsp3) is 0.667. The van der Waals surface area contributed by atoms with Gasteiger partial charge >= 0.3 is 0 Å². The SMILES string of the molecule is O=C(NCCCN1CCN(c2ccccc2)CC1)C1CC12CCNCC2. The molecule has 2 heterocycles. The molecular weight excluding hydrogens is 324 g/mol. The van der Waals surface area contributed by atoms with Gasteiger partial charge in [-0.2, -0.15) is 0 Å². The number of nitrogens with one attached hydrogen (secondary N) is 2. The van der Waals surface area contributed by atoms with Crippen molar-refractivity contribution in [3.05, 3.63) is 30.3 Å². The first kappa shape index (κ1) is 17.8. The second-order valence-corrected chi connectivity index (χ2v) is 8.18. The van der Waals surface area contributed by atoms with Gasteiger partial charge in [-0.1, -0.05) is 18.2 Å². The molecular formula is C21H32N4O. The Morgan fingerprint density at radius 2 is 1.85 bits per heavy atom. The highest BCUT2D eigenvalue weighted by atomic mass is 16.2. The minimum Gasteiger partial charge on any atom is -0.369 e. The van der Waals surface area contributed by atoms with Crippen molar-refractivity contribution in [2.24, 2.45) is 11.3 Å². The maximum atomic E-state index is 12.4. The summed E-state index contributed by atoms with van der Waals surface area (Å²) in [5.41, 5.74) is 1.68. The maximum Gasteiger partial charge on any atom is 0.223 e. The smallest absolute Gasteiger partial charge is 0.223 e. The van der Waals surface area contributed by atoms with Gasteiger partial charge in [0.1, 0.15) is 0 Å². The third-order valence-electron chi connectivity index (χ3n) is 6.55. The van der Waals surface area contributed by atoms with E-state index in [1.807, 2.05) is 0 Å². The molecule has 1 aromatic carbocycles. The molecule has 0 aromatic heterocycles. The van der Waals surface area contributed by atoms with Crippen LogP contribution in [0.4, 0.5) is 5.69 Å². The molecule has 1 saturated carbocycles. The van der Waals surface area contributed by atoms with E-state index in [2.05, 4.69) is 50.8 Å². The van der Waals surface area contributed by atoms with Gasteiger partial charge in [0.05, 0.1) is 0 Å². The van der Waals surface area contributed by atoms with E-state index in [1.165, 1.54) is 18.5 Å². The normalized spacial score (nSPS) is 25.2. The van der Waals surface area contributed by atoms with Crippen LogP contribution in [-0.4, -0.2) is 63.2 Å². The number of amides is 1. The number of nitrogens with zero attached hydrogens (tertiary/aromatic N) is 2. The van der Waals surface area contributed by atoms with Gasteiger partial charge in [-0.05, 0) is 62.9 Å². The lowest BCUT2D eigenvalue weighted by Gasteiger charge is -2.36. The molecule has 1 unspecified atom stereocenters. The number of anilines is 1. The Hall–Kier alpha value is -1.59. The molecule has 1 aromatic rings. The molecule has 26 heavy (non-hydrogen) atoms. The van der Waals surface area contributed by atoms with Gasteiger partial charge in [-0.3, -0.25) is 9.69 Å². The molecule has 5 nitrogen and oxygen atoms in total. The van der Waals surface area contributed by atoms with Crippen LogP contribution >= 0.6 is 0 Å². The zero-order chi connectivity index (χ0) is 17.8. The second-order valence-electron chi connectivity index (χ2n) is 8.18. The monoisotopic (exact) mass is 356 g/mol. The van der Waals surface area contributed by atoms with Gasteiger partial charge in [0.25, 0.3) is 0 Å². The van der Waals surface area contributed by atoms with Crippen molar-refractivity contribution in [1.82, 2.24) is 15.5 Å². The van der Waals surface area contributed by atoms with E-state index in [0.717, 1.165) is 65.2 Å². The summed E-state index contributed by atoms with van der Waals surface area (Å²) in [7, 11) is 0. The van der Waals surface area contributed by atoms with E-state index in [4.69, 9.17) is 0 Å². The summed E-state index contributed by atoms with van der Waals surface area (Å²) in [5.74, 6) is 0.597. The Kier molecular flexibility index (Phi) is 5.46. The number of carbonyl (C=O) groups excluding carboxylic acids is 1.